The van der Waals surface area contributed by atoms with Gasteiger partial charge in [0.25, 0.3) is 11.8 Å². The number of fused-ring (bicyclic) bond motifs is 1. The zero-order valence-corrected chi connectivity index (χ0v) is 35.3. The third-order valence-electron chi connectivity index (χ3n) is 10.7. The van der Waals surface area contributed by atoms with Crippen LogP contribution in [0.4, 0.5) is 0 Å². The summed E-state index contributed by atoms with van der Waals surface area (Å²) in [5.41, 5.74) is -0.638. The Hall–Kier alpha value is -2.50. The number of amides is 5. The average Bonchev–Trinajstić information content (AvgIpc) is 3.65. The van der Waals surface area contributed by atoms with Crippen molar-refractivity contribution < 1.29 is 28.8 Å². The van der Waals surface area contributed by atoms with E-state index in [0.29, 0.717) is 19.4 Å². The molecule has 55 heavy (non-hydrogen) atoms. The van der Waals surface area contributed by atoms with Crippen LogP contribution in [-0.2, 0) is 24.0 Å². The number of nitrogens with zero attached hydrogens (tertiary/aromatic N) is 3. The van der Waals surface area contributed by atoms with Crippen molar-refractivity contribution in [2.24, 2.45) is 23.2 Å². The summed E-state index contributed by atoms with van der Waals surface area (Å²) in [5.74, 6) is -3.20. The van der Waals surface area contributed by atoms with Gasteiger partial charge in [0, 0.05) is 25.0 Å². The molecule has 0 unspecified atom stereocenters. The van der Waals surface area contributed by atoms with E-state index in [9.17, 15) is 28.8 Å². The third-order valence-corrected chi connectivity index (χ3v) is 10.7. The van der Waals surface area contributed by atoms with Crippen LogP contribution in [0.1, 0.15) is 130 Å². The molecule has 1 aromatic heterocycles. The molecule has 2 heterocycles. The highest BCUT2D eigenvalue weighted by Crippen LogP contribution is 2.43. The fourth-order valence-corrected chi connectivity index (χ4v) is 7.87. The summed E-state index contributed by atoms with van der Waals surface area (Å²) >= 11 is 0. The first kappa shape index (κ1) is 54.6. The van der Waals surface area contributed by atoms with Crippen molar-refractivity contribution in [3.63, 3.8) is 0 Å². The Labute approximate surface area is 356 Å². The Morgan fingerprint density at radius 1 is 0.836 bits per heavy atom. The molecule has 13 nitrogen and oxygen atoms in total. The molecule has 17 heteroatoms. The summed E-state index contributed by atoms with van der Waals surface area (Å²) in [6.07, 6.45) is 13.9. The number of carbonyl (C=O) groups is 6. The molecule has 5 amide bonds. The van der Waals surface area contributed by atoms with Gasteiger partial charge in [-0.05, 0) is 68.1 Å². The van der Waals surface area contributed by atoms with Crippen molar-refractivity contribution in [2.45, 2.75) is 150 Å². The maximum Gasteiger partial charge on any atom is 0.289 e. The highest BCUT2D eigenvalue weighted by atomic mass is 32.1. The number of aromatic nitrogens is 2. The third kappa shape index (κ3) is 13.8. The van der Waals surface area contributed by atoms with Crippen LogP contribution in [0.25, 0.3) is 0 Å². The highest BCUT2D eigenvalue weighted by Gasteiger charge is 2.52. The lowest BCUT2D eigenvalue weighted by molar-refractivity contribution is -0.146. The lowest BCUT2D eigenvalue weighted by Crippen LogP contribution is -2.62. The molecule has 0 radical (unpaired) electrons. The minimum absolute atomic E-state index is 0. The van der Waals surface area contributed by atoms with Crippen LogP contribution >= 0.6 is 54.0 Å². The van der Waals surface area contributed by atoms with Crippen LogP contribution in [0.15, 0.2) is 18.6 Å². The minimum atomic E-state index is -0.994. The first-order valence-corrected chi connectivity index (χ1v) is 18.2. The lowest BCUT2D eigenvalue weighted by atomic mass is 9.82. The number of nitrogens with one attached hydrogen (secondary N) is 4. The van der Waals surface area contributed by atoms with Crippen LogP contribution in [0.5, 0.6) is 0 Å². The van der Waals surface area contributed by atoms with E-state index in [1.54, 1.807) is 4.90 Å². The fraction of sp³-hybridized carbons (Fsp3) is 0.737. The van der Waals surface area contributed by atoms with Crippen LogP contribution in [0, 0.1) is 23.2 Å². The van der Waals surface area contributed by atoms with E-state index in [0.717, 1.165) is 64.2 Å². The second kappa shape index (κ2) is 24.3. The molecule has 6 atom stereocenters. The van der Waals surface area contributed by atoms with Crippen molar-refractivity contribution in [1.29, 1.82) is 0 Å². The van der Waals surface area contributed by atoms with Gasteiger partial charge < -0.3 is 26.2 Å². The number of hydrogen-bond acceptors (Lipinski definition) is 8. The summed E-state index contributed by atoms with van der Waals surface area (Å²) in [6.45, 7) is 7.85. The molecule has 3 saturated carbocycles. The quantitative estimate of drug-likeness (QED) is 0.214. The summed E-state index contributed by atoms with van der Waals surface area (Å²) in [5, 5.41) is 11.5. The zero-order valence-electron chi connectivity index (χ0n) is 31.3. The Morgan fingerprint density at radius 3 is 2.05 bits per heavy atom. The van der Waals surface area contributed by atoms with Gasteiger partial charge in [0.15, 0.2) is 0 Å². The predicted molar refractivity (Wildman–Crippen MR) is 236 cm³/mol. The molecule has 1 aliphatic heterocycles. The van der Waals surface area contributed by atoms with Gasteiger partial charge in [-0.2, -0.15) is 54.0 Å². The number of Topliss-reactive ketones (excluding diaryl/α,β-unsaturated/α-hetero) is 1. The van der Waals surface area contributed by atoms with Crippen LogP contribution < -0.4 is 21.3 Å². The van der Waals surface area contributed by atoms with E-state index in [-0.39, 0.29) is 104 Å². The zero-order chi connectivity index (χ0) is 35.3. The van der Waals surface area contributed by atoms with E-state index >= 15 is 0 Å². The van der Waals surface area contributed by atoms with Gasteiger partial charge in [-0.15, -0.1) is 0 Å². The van der Waals surface area contributed by atoms with Gasteiger partial charge in [0.05, 0.1) is 12.2 Å². The van der Waals surface area contributed by atoms with Gasteiger partial charge >= 0.3 is 0 Å². The largest absolute Gasteiger partial charge is 0.347 e. The normalized spacial score (nSPS) is 21.6. The van der Waals surface area contributed by atoms with E-state index in [1.807, 2.05) is 27.7 Å². The van der Waals surface area contributed by atoms with E-state index in [2.05, 4.69) is 31.2 Å². The number of ketones is 1. The van der Waals surface area contributed by atoms with Crippen LogP contribution in [0.2, 0.25) is 0 Å². The first-order chi connectivity index (χ1) is 23.4. The minimum Gasteiger partial charge on any atom is -0.347 e. The van der Waals surface area contributed by atoms with Crippen molar-refractivity contribution in [1.82, 2.24) is 36.1 Å². The molecule has 4 fully saturated rings. The predicted octanol–water partition coefficient (Wildman–Crippen LogP) is 4.17. The van der Waals surface area contributed by atoms with Crippen LogP contribution in [0.3, 0.4) is 0 Å². The van der Waals surface area contributed by atoms with E-state index in [1.165, 1.54) is 18.6 Å². The molecule has 0 bridgehead atoms. The summed E-state index contributed by atoms with van der Waals surface area (Å²) in [4.78, 5) is 91.4. The summed E-state index contributed by atoms with van der Waals surface area (Å²) < 4.78 is 0. The van der Waals surface area contributed by atoms with Gasteiger partial charge in [0.1, 0.15) is 23.8 Å². The topological polar surface area (TPSA) is 180 Å². The lowest BCUT2D eigenvalue weighted by Gasteiger charge is -2.38. The molecule has 3 aliphatic carbocycles. The number of likely N-dealkylation sites (tertiary alicyclic amines) is 1. The molecule has 1 aromatic rings. The molecule has 4 N–H and O–H groups in total. The van der Waals surface area contributed by atoms with Crippen molar-refractivity contribution in [2.75, 3.05) is 6.54 Å². The van der Waals surface area contributed by atoms with Gasteiger partial charge in [-0.25, -0.2) is 4.98 Å². The molecular formula is C38H69N7O6S4. The molecule has 5 rings (SSSR count). The van der Waals surface area contributed by atoms with E-state index in [4.69, 9.17) is 0 Å². The maximum atomic E-state index is 14.6. The Morgan fingerprint density at radius 2 is 1.49 bits per heavy atom. The standard InChI is InChI=1S/C36H53N7O6.2CH4.4H2S/c1-5-10-25(29(44)34(48)39-23-15-16-23)40-33(47)28-24-14-9-13-22(24)20-43(28)35(49)30(36(2,3)4)42-32(46)27(21-11-7-6-8-12-21)41-31(45)26-19-37-17-18-38-26;;;;;;/h17-19,21-25,27-28,30H,5-16,20H2,1-4H3,(H,39,48)(H,40,47)(H,41,45)(H,42,46);2*1H4;4*1H2/t22-,24+,25-,27+,28+,30+;;;;;;/m1....../s1. The second-order valence-electron chi connectivity index (χ2n) is 15.5. The Kier molecular flexibility index (Phi) is 24.1. The van der Waals surface area contributed by atoms with Crippen molar-refractivity contribution >= 4 is 89.3 Å². The average molecular weight is 848 g/mol. The second-order valence-corrected chi connectivity index (χ2v) is 15.5. The Balaban J connectivity index is 0. The van der Waals surface area contributed by atoms with Gasteiger partial charge in [-0.1, -0.05) is 74.7 Å². The molecular weight excluding hydrogens is 779 g/mol. The first-order valence-electron chi connectivity index (χ1n) is 18.2. The van der Waals surface area contributed by atoms with Crippen molar-refractivity contribution in [3.05, 3.63) is 24.3 Å². The maximum absolute atomic E-state index is 14.6. The molecule has 0 aromatic carbocycles. The fourth-order valence-electron chi connectivity index (χ4n) is 7.87. The van der Waals surface area contributed by atoms with Gasteiger partial charge in [0.2, 0.25) is 23.5 Å². The highest BCUT2D eigenvalue weighted by molar-refractivity contribution is 7.59. The smallest absolute Gasteiger partial charge is 0.289 e. The van der Waals surface area contributed by atoms with Crippen molar-refractivity contribution in [3.8, 4) is 0 Å². The summed E-state index contributed by atoms with van der Waals surface area (Å²) in [6, 6.07) is -3.68. The summed E-state index contributed by atoms with van der Waals surface area (Å²) in [7, 11) is 0. The molecule has 0 spiro atoms. The molecule has 1 saturated heterocycles. The van der Waals surface area contributed by atoms with Crippen LogP contribution in [-0.4, -0.2) is 86.9 Å². The molecule has 316 valence electrons. The molecule has 4 aliphatic rings. The van der Waals surface area contributed by atoms with Gasteiger partial charge in [-0.3, -0.25) is 33.8 Å². The number of carbonyl (C=O) groups excluding carboxylic acids is 6. The monoisotopic (exact) mass is 847 g/mol. The van der Waals surface area contributed by atoms with E-state index < -0.39 is 59.0 Å². The Bertz CT molecular complexity index is 1410. The SMILES string of the molecule is C.C.CCC[C@@H](NC(=O)[C@@H]1[C@H]2CCC[C@@H]2CN1C(=O)[C@H](NC(=O)[C@@H](NC(=O)c1cnccn1)C1CCCCC1)C(C)(C)C)C(=O)C(=O)NC1CC1.S.S.S.S. The number of hydrogen-bond donors (Lipinski definition) is 4. The number of rotatable bonds is 13.